The molecule has 0 unspecified atom stereocenters. The topological polar surface area (TPSA) is 23.6 Å². The first-order valence-corrected chi connectivity index (χ1v) is 7.84. The third-order valence-corrected chi connectivity index (χ3v) is 4.56. The molecule has 1 atom stereocenters. The van der Waals surface area contributed by atoms with Crippen molar-refractivity contribution in [3.63, 3.8) is 0 Å². The Morgan fingerprint density at radius 1 is 1.44 bits per heavy atom. The molecule has 0 aromatic rings. The maximum absolute atomic E-state index is 11.3. The number of rotatable bonds is 5. The van der Waals surface area contributed by atoms with Crippen molar-refractivity contribution in [2.45, 2.75) is 38.9 Å². The van der Waals surface area contributed by atoms with Gasteiger partial charge in [-0.15, -0.1) is 0 Å². The van der Waals surface area contributed by atoms with Gasteiger partial charge in [-0.25, -0.2) is 0 Å². The molecular formula is C14H28N2OS. The first kappa shape index (κ1) is 15.8. The van der Waals surface area contributed by atoms with Gasteiger partial charge in [0.2, 0.25) is 5.91 Å². The van der Waals surface area contributed by atoms with Gasteiger partial charge in [0.05, 0.1) is 0 Å². The molecule has 0 spiro atoms. The summed E-state index contributed by atoms with van der Waals surface area (Å²) in [5.41, 5.74) is 0. The number of nitrogens with zero attached hydrogens (tertiary/aromatic N) is 2. The molecule has 1 amide bonds. The predicted molar refractivity (Wildman–Crippen MR) is 80.1 cm³/mol. The lowest BCUT2D eigenvalue weighted by Crippen LogP contribution is -2.31. The molecule has 0 aromatic carbocycles. The lowest BCUT2D eigenvalue weighted by atomic mass is 10.1. The van der Waals surface area contributed by atoms with E-state index in [1.807, 2.05) is 16.7 Å². The first-order chi connectivity index (χ1) is 8.28. The highest BCUT2D eigenvalue weighted by atomic mass is 32.2. The third kappa shape index (κ3) is 6.10. The average molecular weight is 272 g/mol. The lowest BCUT2D eigenvalue weighted by molar-refractivity contribution is -0.127. The van der Waals surface area contributed by atoms with Gasteiger partial charge < -0.3 is 9.80 Å². The summed E-state index contributed by atoms with van der Waals surface area (Å²) in [6.07, 6.45) is 1.16. The average Bonchev–Trinajstić information content (AvgIpc) is 2.64. The Bertz CT molecular complexity index is 275. The van der Waals surface area contributed by atoms with Crippen LogP contribution in [0.5, 0.6) is 0 Å². The van der Waals surface area contributed by atoms with E-state index in [-0.39, 0.29) is 5.91 Å². The Labute approximate surface area is 116 Å². The van der Waals surface area contributed by atoms with Gasteiger partial charge in [-0.2, -0.15) is 11.8 Å². The summed E-state index contributed by atoms with van der Waals surface area (Å²) in [7, 11) is 2.19. The molecule has 1 aliphatic rings. The SMILES string of the molecule is CC(=O)N1CC[C@H](CN(C)CCSC(C)(C)C)C1. The van der Waals surface area contributed by atoms with Crippen LogP contribution in [0.4, 0.5) is 0 Å². The van der Waals surface area contributed by atoms with E-state index < -0.39 is 0 Å². The Kier molecular flexibility index (Phi) is 5.99. The van der Waals surface area contributed by atoms with E-state index in [4.69, 9.17) is 0 Å². The molecule has 3 nitrogen and oxygen atoms in total. The zero-order valence-electron chi connectivity index (χ0n) is 12.5. The minimum absolute atomic E-state index is 0.225. The lowest BCUT2D eigenvalue weighted by Gasteiger charge is -2.23. The molecule has 4 heteroatoms. The summed E-state index contributed by atoms with van der Waals surface area (Å²) in [6, 6.07) is 0. The second-order valence-electron chi connectivity index (χ2n) is 6.34. The van der Waals surface area contributed by atoms with Crippen LogP contribution in [0.25, 0.3) is 0 Å². The van der Waals surface area contributed by atoms with Crippen molar-refractivity contribution in [3.8, 4) is 0 Å². The second-order valence-corrected chi connectivity index (χ2v) is 8.26. The fourth-order valence-electron chi connectivity index (χ4n) is 2.31. The first-order valence-electron chi connectivity index (χ1n) is 6.86. The summed E-state index contributed by atoms with van der Waals surface area (Å²) < 4.78 is 0.361. The fourth-order valence-corrected chi connectivity index (χ4v) is 3.32. The van der Waals surface area contributed by atoms with Crippen LogP contribution < -0.4 is 0 Å². The minimum atomic E-state index is 0.225. The highest BCUT2D eigenvalue weighted by Crippen LogP contribution is 2.23. The second kappa shape index (κ2) is 6.80. The van der Waals surface area contributed by atoms with Crippen molar-refractivity contribution in [2.75, 3.05) is 39.0 Å². The van der Waals surface area contributed by atoms with E-state index in [0.29, 0.717) is 10.7 Å². The molecule has 0 saturated carbocycles. The van der Waals surface area contributed by atoms with Crippen molar-refractivity contribution < 1.29 is 4.79 Å². The third-order valence-electron chi connectivity index (χ3n) is 3.31. The summed E-state index contributed by atoms with van der Waals surface area (Å²) in [4.78, 5) is 15.7. The van der Waals surface area contributed by atoms with Crippen molar-refractivity contribution >= 4 is 17.7 Å². The molecule has 0 aromatic heterocycles. The molecule has 1 heterocycles. The minimum Gasteiger partial charge on any atom is -0.343 e. The van der Waals surface area contributed by atoms with Crippen LogP contribution in [0.1, 0.15) is 34.1 Å². The van der Waals surface area contributed by atoms with Gasteiger partial charge >= 0.3 is 0 Å². The summed E-state index contributed by atoms with van der Waals surface area (Å²) in [6.45, 7) is 12.6. The molecule has 1 fully saturated rings. The quantitative estimate of drug-likeness (QED) is 0.767. The van der Waals surface area contributed by atoms with Crippen molar-refractivity contribution in [1.82, 2.24) is 9.80 Å². The molecule has 1 saturated heterocycles. The largest absolute Gasteiger partial charge is 0.343 e. The Hall–Kier alpha value is -0.220. The van der Waals surface area contributed by atoms with E-state index >= 15 is 0 Å². The predicted octanol–water partition coefficient (Wildman–Crippen LogP) is 2.32. The molecular weight excluding hydrogens is 244 g/mol. The summed E-state index contributed by atoms with van der Waals surface area (Å²) >= 11 is 2.02. The van der Waals surface area contributed by atoms with Gasteiger partial charge in [-0.05, 0) is 19.4 Å². The maximum Gasteiger partial charge on any atom is 0.219 e. The Morgan fingerprint density at radius 3 is 2.61 bits per heavy atom. The van der Waals surface area contributed by atoms with Gasteiger partial charge in [0.1, 0.15) is 0 Å². The van der Waals surface area contributed by atoms with E-state index in [1.165, 1.54) is 5.75 Å². The molecule has 0 radical (unpaired) electrons. The zero-order valence-corrected chi connectivity index (χ0v) is 13.3. The normalized spacial score (nSPS) is 20.8. The Morgan fingerprint density at radius 2 is 2.11 bits per heavy atom. The van der Waals surface area contributed by atoms with Gasteiger partial charge in [0.25, 0.3) is 0 Å². The van der Waals surface area contributed by atoms with E-state index in [1.54, 1.807) is 6.92 Å². The molecule has 1 aliphatic heterocycles. The number of hydrogen-bond donors (Lipinski definition) is 0. The van der Waals surface area contributed by atoms with E-state index in [9.17, 15) is 4.79 Å². The highest BCUT2D eigenvalue weighted by Gasteiger charge is 2.24. The van der Waals surface area contributed by atoms with Crippen molar-refractivity contribution in [3.05, 3.63) is 0 Å². The molecule has 0 N–H and O–H groups in total. The monoisotopic (exact) mass is 272 g/mol. The number of carbonyl (C=O) groups is 1. The van der Waals surface area contributed by atoms with Crippen LogP contribution in [-0.4, -0.2) is 59.4 Å². The molecule has 106 valence electrons. The van der Waals surface area contributed by atoms with E-state index in [0.717, 1.165) is 32.6 Å². The fraction of sp³-hybridized carbons (Fsp3) is 0.929. The van der Waals surface area contributed by atoms with Crippen LogP contribution in [0, 0.1) is 5.92 Å². The van der Waals surface area contributed by atoms with Crippen molar-refractivity contribution in [2.24, 2.45) is 5.92 Å². The van der Waals surface area contributed by atoms with E-state index in [2.05, 4.69) is 32.7 Å². The number of amides is 1. The van der Waals surface area contributed by atoms with Gasteiger partial charge in [0.15, 0.2) is 0 Å². The molecule has 18 heavy (non-hydrogen) atoms. The van der Waals surface area contributed by atoms with Crippen molar-refractivity contribution in [1.29, 1.82) is 0 Å². The van der Waals surface area contributed by atoms with Gasteiger partial charge in [0, 0.05) is 43.6 Å². The zero-order chi connectivity index (χ0) is 13.8. The van der Waals surface area contributed by atoms with Crippen LogP contribution in [0.2, 0.25) is 0 Å². The number of hydrogen-bond acceptors (Lipinski definition) is 3. The maximum atomic E-state index is 11.3. The van der Waals surface area contributed by atoms with Crippen LogP contribution in [0.15, 0.2) is 0 Å². The van der Waals surface area contributed by atoms with Gasteiger partial charge in [-0.3, -0.25) is 4.79 Å². The molecule has 0 bridgehead atoms. The molecule has 0 aliphatic carbocycles. The Balaban J connectivity index is 2.17. The standard InChI is InChI=1S/C14H28N2OS/c1-12(17)16-7-6-13(11-16)10-15(5)8-9-18-14(2,3)4/h13H,6-11H2,1-5H3/t13-/m1/s1. The van der Waals surface area contributed by atoms with Crippen LogP contribution >= 0.6 is 11.8 Å². The van der Waals surface area contributed by atoms with Crippen LogP contribution in [-0.2, 0) is 4.79 Å². The summed E-state index contributed by atoms with van der Waals surface area (Å²) in [5.74, 6) is 2.07. The number of carbonyl (C=O) groups excluding carboxylic acids is 1. The van der Waals surface area contributed by atoms with Crippen LogP contribution in [0.3, 0.4) is 0 Å². The number of likely N-dealkylation sites (tertiary alicyclic amines) is 1. The summed E-state index contributed by atoms with van der Waals surface area (Å²) in [5, 5.41) is 0. The highest BCUT2D eigenvalue weighted by molar-refractivity contribution is 8.00. The smallest absolute Gasteiger partial charge is 0.219 e. The van der Waals surface area contributed by atoms with Gasteiger partial charge in [-0.1, -0.05) is 20.8 Å². The molecule has 1 rings (SSSR count). The number of thioether (sulfide) groups is 1.